The number of amides is 1. The zero-order valence-electron chi connectivity index (χ0n) is 16.2. The van der Waals surface area contributed by atoms with E-state index in [1.807, 2.05) is 25.7 Å². The fraction of sp³-hybridized carbons (Fsp3) is 0.450. The number of aromatic nitrogens is 2. The number of halogens is 1. The fourth-order valence-electron chi connectivity index (χ4n) is 3.01. The molecule has 2 aromatic rings. The van der Waals surface area contributed by atoms with Crippen LogP contribution >= 0.6 is 0 Å². The van der Waals surface area contributed by atoms with Gasteiger partial charge in [0.1, 0.15) is 23.7 Å². The number of rotatable bonds is 3. The number of piperazine rings is 1. The van der Waals surface area contributed by atoms with Crippen molar-refractivity contribution in [2.24, 2.45) is 5.41 Å². The summed E-state index contributed by atoms with van der Waals surface area (Å²) in [4.78, 5) is 24.9. The number of hydrogen-bond acceptors (Lipinski definition) is 5. The second kappa shape index (κ2) is 7.50. The van der Waals surface area contributed by atoms with Crippen molar-refractivity contribution in [2.45, 2.75) is 27.7 Å². The van der Waals surface area contributed by atoms with Crippen molar-refractivity contribution >= 4 is 11.7 Å². The van der Waals surface area contributed by atoms with E-state index in [-0.39, 0.29) is 17.1 Å². The molecule has 0 radical (unpaired) electrons. The van der Waals surface area contributed by atoms with Crippen LogP contribution in [0.2, 0.25) is 0 Å². The highest BCUT2D eigenvalue weighted by molar-refractivity contribution is 5.81. The maximum absolute atomic E-state index is 13.2. The number of benzene rings is 1. The highest BCUT2D eigenvalue weighted by Gasteiger charge is 2.30. The first kappa shape index (κ1) is 19.1. The third-order valence-corrected chi connectivity index (χ3v) is 4.51. The molecule has 3 rings (SSSR count). The first-order valence-corrected chi connectivity index (χ1v) is 9.04. The van der Waals surface area contributed by atoms with Gasteiger partial charge >= 0.3 is 0 Å². The quantitative estimate of drug-likeness (QED) is 0.826. The molecule has 1 saturated heterocycles. The summed E-state index contributed by atoms with van der Waals surface area (Å²) < 4.78 is 19.0. The third-order valence-electron chi connectivity index (χ3n) is 4.51. The lowest BCUT2D eigenvalue weighted by Crippen LogP contribution is -2.51. The molecule has 0 saturated carbocycles. The van der Waals surface area contributed by atoms with Gasteiger partial charge in [-0.15, -0.1) is 0 Å². The minimum atomic E-state index is -0.370. The Labute approximate surface area is 159 Å². The number of hydrogen-bond donors (Lipinski definition) is 0. The van der Waals surface area contributed by atoms with Crippen molar-refractivity contribution in [2.75, 3.05) is 31.1 Å². The summed E-state index contributed by atoms with van der Waals surface area (Å²) in [6.07, 6.45) is 1.45. The van der Waals surface area contributed by atoms with Gasteiger partial charge in [0.05, 0.1) is 0 Å². The van der Waals surface area contributed by atoms with Crippen LogP contribution in [0, 0.1) is 18.2 Å². The maximum atomic E-state index is 13.2. The van der Waals surface area contributed by atoms with Crippen molar-refractivity contribution in [1.29, 1.82) is 0 Å². The molecule has 144 valence electrons. The number of ether oxygens (including phenoxy) is 1. The molecule has 2 heterocycles. The average molecular weight is 372 g/mol. The van der Waals surface area contributed by atoms with Crippen LogP contribution in [0.3, 0.4) is 0 Å². The van der Waals surface area contributed by atoms with E-state index in [0.717, 1.165) is 5.82 Å². The molecule has 1 amide bonds. The van der Waals surface area contributed by atoms with E-state index in [1.54, 1.807) is 19.1 Å². The molecule has 0 unspecified atom stereocenters. The summed E-state index contributed by atoms with van der Waals surface area (Å²) in [5.41, 5.74) is 0.329. The van der Waals surface area contributed by atoms with E-state index >= 15 is 0 Å². The van der Waals surface area contributed by atoms with E-state index in [2.05, 4.69) is 14.9 Å². The van der Waals surface area contributed by atoms with Crippen LogP contribution in [-0.2, 0) is 4.79 Å². The molecule has 0 N–H and O–H groups in total. The molecule has 0 bridgehead atoms. The van der Waals surface area contributed by atoms with Gasteiger partial charge in [-0.1, -0.05) is 20.8 Å². The average Bonchev–Trinajstić information content (AvgIpc) is 2.63. The zero-order valence-corrected chi connectivity index (χ0v) is 16.2. The monoisotopic (exact) mass is 372 g/mol. The Morgan fingerprint density at radius 2 is 1.81 bits per heavy atom. The number of carbonyl (C=O) groups is 1. The Bertz CT molecular complexity index is 827. The SMILES string of the molecule is Cc1cc(F)ccc1Oc1cc(N2CCN(C(=O)C(C)(C)C)CC2)ncn1. The van der Waals surface area contributed by atoms with Gasteiger partial charge in [-0.05, 0) is 30.7 Å². The van der Waals surface area contributed by atoms with Gasteiger partial charge in [0.2, 0.25) is 11.8 Å². The second-order valence-electron chi connectivity index (χ2n) is 7.76. The first-order chi connectivity index (χ1) is 12.7. The summed E-state index contributed by atoms with van der Waals surface area (Å²) in [7, 11) is 0. The number of aryl methyl sites for hydroxylation is 1. The van der Waals surface area contributed by atoms with Crippen molar-refractivity contribution in [3.05, 3.63) is 42.0 Å². The zero-order chi connectivity index (χ0) is 19.6. The van der Waals surface area contributed by atoms with Crippen molar-refractivity contribution in [3.63, 3.8) is 0 Å². The van der Waals surface area contributed by atoms with Gasteiger partial charge in [0.25, 0.3) is 0 Å². The largest absolute Gasteiger partial charge is 0.439 e. The fourth-order valence-corrected chi connectivity index (χ4v) is 3.01. The van der Waals surface area contributed by atoms with E-state index in [0.29, 0.717) is 43.4 Å². The molecule has 0 aliphatic carbocycles. The molecular formula is C20H25FN4O2. The van der Waals surface area contributed by atoms with Crippen LogP contribution < -0.4 is 9.64 Å². The van der Waals surface area contributed by atoms with Gasteiger partial charge in [0.15, 0.2) is 0 Å². The molecule has 1 aromatic carbocycles. The summed E-state index contributed by atoms with van der Waals surface area (Å²) in [6.45, 7) is 10.3. The Hall–Kier alpha value is -2.70. The predicted octanol–water partition coefficient (Wildman–Crippen LogP) is 3.41. The molecule has 0 atom stereocenters. The van der Waals surface area contributed by atoms with Gasteiger partial charge < -0.3 is 14.5 Å². The molecular weight excluding hydrogens is 347 g/mol. The Morgan fingerprint density at radius 3 is 2.44 bits per heavy atom. The van der Waals surface area contributed by atoms with Gasteiger partial charge in [-0.3, -0.25) is 4.79 Å². The lowest BCUT2D eigenvalue weighted by Gasteiger charge is -2.38. The van der Waals surface area contributed by atoms with E-state index < -0.39 is 0 Å². The van der Waals surface area contributed by atoms with Gasteiger partial charge in [-0.2, -0.15) is 0 Å². The minimum Gasteiger partial charge on any atom is -0.439 e. The third kappa shape index (κ3) is 4.53. The number of anilines is 1. The lowest BCUT2D eigenvalue weighted by atomic mass is 9.94. The van der Waals surface area contributed by atoms with Gasteiger partial charge in [-0.25, -0.2) is 14.4 Å². The molecule has 1 fully saturated rings. The van der Waals surface area contributed by atoms with E-state index in [4.69, 9.17) is 4.74 Å². The van der Waals surface area contributed by atoms with Crippen molar-refractivity contribution in [1.82, 2.24) is 14.9 Å². The highest BCUT2D eigenvalue weighted by atomic mass is 19.1. The van der Waals surface area contributed by atoms with Crippen LogP contribution in [0.25, 0.3) is 0 Å². The van der Waals surface area contributed by atoms with E-state index in [9.17, 15) is 9.18 Å². The van der Waals surface area contributed by atoms with Crippen LogP contribution in [0.5, 0.6) is 11.6 Å². The highest BCUT2D eigenvalue weighted by Crippen LogP contribution is 2.26. The predicted molar refractivity (Wildman–Crippen MR) is 101 cm³/mol. The van der Waals surface area contributed by atoms with Crippen LogP contribution in [0.15, 0.2) is 30.6 Å². The lowest BCUT2D eigenvalue weighted by molar-refractivity contribution is -0.139. The van der Waals surface area contributed by atoms with E-state index in [1.165, 1.54) is 18.5 Å². The summed E-state index contributed by atoms with van der Waals surface area (Å²) in [5.74, 6) is 1.58. The molecule has 1 aliphatic rings. The number of carbonyl (C=O) groups excluding carboxylic acids is 1. The molecule has 27 heavy (non-hydrogen) atoms. The molecule has 1 aliphatic heterocycles. The Balaban J connectivity index is 1.67. The van der Waals surface area contributed by atoms with Crippen LogP contribution in [-0.4, -0.2) is 47.0 Å². The topological polar surface area (TPSA) is 58.6 Å². The van der Waals surface area contributed by atoms with Crippen molar-refractivity contribution in [3.8, 4) is 11.6 Å². The van der Waals surface area contributed by atoms with Crippen LogP contribution in [0.4, 0.5) is 10.2 Å². The van der Waals surface area contributed by atoms with Gasteiger partial charge in [0, 0.05) is 37.7 Å². The Kier molecular flexibility index (Phi) is 5.30. The molecule has 0 spiro atoms. The molecule has 1 aromatic heterocycles. The standard InChI is InChI=1S/C20H25FN4O2/c1-14-11-15(21)5-6-16(14)27-18-12-17(22-13-23-18)24-7-9-25(10-8-24)19(26)20(2,3)4/h5-6,11-13H,7-10H2,1-4H3. The van der Waals surface area contributed by atoms with Crippen molar-refractivity contribution < 1.29 is 13.9 Å². The summed E-state index contributed by atoms with van der Waals surface area (Å²) in [6, 6.07) is 6.13. The molecule has 7 heteroatoms. The summed E-state index contributed by atoms with van der Waals surface area (Å²) >= 11 is 0. The smallest absolute Gasteiger partial charge is 0.228 e. The molecule has 6 nitrogen and oxygen atoms in total. The first-order valence-electron chi connectivity index (χ1n) is 9.04. The maximum Gasteiger partial charge on any atom is 0.228 e. The summed E-state index contributed by atoms with van der Waals surface area (Å²) in [5, 5.41) is 0. The normalized spacial score (nSPS) is 15.0. The Morgan fingerprint density at radius 1 is 1.11 bits per heavy atom. The van der Waals surface area contributed by atoms with Crippen LogP contribution in [0.1, 0.15) is 26.3 Å². The second-order valence-corrected chi connectivity index (χ2v) is 7.76. The minimum absolute atomic E-state index is 0.167. The number of nitrogens with zero attached hydrogens (tertiary/aromatic N) is 4.